The first-order valence-corrected chi connectivity index (χ1v) is 7.76. The molecule has 1 aromatic heterocycles. The molecule has 0 bridgehead atoms. The number of nitrogens with zero attached hydrogens (tertiary/aromatic N) is 1. The maximum Gasteiger partial charge on any atom is 0.254 e. The summed E-state index contributed by atoms with van der Waals surface area (Å²) >= 11 is 0. The van der Waals surface area contributed by atoms with Gasteiger partial charge in [-0.2, -0.15) is 0 Å². The van der Waals surface area contributed by atoms with Crippen molar-refractivity contribution in [3.63, 3.8) is 0 Å². The van der Waals surface area contributed by atoms with Crippen LogP contribution >= 0.6 is 0 Å². The lowest BCUT2D eigenvalue weighted by molar-refractivity contribution is -0.0839. The summed E-state index contributed by atoms with van der Waals surface area (Å²) in [6.07, 6.45) is 4.84. The molecular formula is C16H26N2O2. The molecule has 1 fully saturated rings. The number of ether oxygens (including phenoxy) is 1. The molecule has 1 heterocycles. The molecule has 1 aliphatic rings. The highest BCUT2D eigenvalue weighted by atomic mass is 16.5. The average Bonchev–Trinajstić information content (AvgIpc) is 2.41. The minimum atomic E-state index is -0.391. The first-order valence-electron chi connectivity index (χ1n) is 7.76. The molecule has 0 unspecified atom stereocenters. The van der Waals surface area contributed by atoms with Gasteiger partial charge in [-0.1, -0.05) is 13.8 Å². The largest absolute Gasteiger partial charge is 0.367 e. The lowest BCUT2D eigenvalue weighted by Gasteiger charge is -2.38. The van der Waals surface area contributed by atoms with Gasteiger partial charge in [-0.3, -0.25) is 4.79 Å². The number of aromatic nitrogens is 2. The van der Waals surface area contributed by atoms with Crippen molar-refractivity contribution in [1.82, 2.24) is 9.97 Å². The van der Waals surface area contributed by atoms with E-state index in [0.717, 1.165) is 48.7 Å². The van der Waals surface area contributed by atoms with Crippen molar-refractivity contribution in [3.05, 3.63) is 27.4 Å². The third-order valence-corrected chi connectivity index (χ3v) is 4.51. The summed E-state index contributed by atoms with van der Waals surface area (Å²) in [5, 5.41) is 0. The van der Waals surface area contributed by atoms with Crippen molar-refractivity contribution in [1.29, 1.82) is 0 Å². The van der Waals surface area contributed by atoms with Gasteiger partial charge in [0, 0.05) is 17.9 Å². The molecule has 0 spiro atoms. The molecule has 2 rings (SSSR count). The second-order valence-electron chi connectivity index (χ2n) is 5.94. The number of aryl methyl sites for hydroxylation is 1. The van der Waals surface area contributed by atoms with Crippen LogP contribution in [0.5, 0.6) is 0 Å². The lowest BCUT2D eigenvalue weighted by Crippen LogP contribution is -2.38. The molecule has 0 radical (unpaired) electrons. The topological polar surface area (TPSA) is 55.0 Å². The number of hydrogen-bond donors (Lipinski definition) is 1. The van der Waals surface area contributed by atoms with E-state index in [1.165, 1.54) is 0 Å². The quantitative estimate of drug-likeness (QED) is 0.920. The SMILES string of the molecule is CCOC1(c2nc(C)c(CC)c(=O)[nH]2)CCC(C)CC1. The fraction of sp³-hybridized carbons (Fsp3) is 0.750. The molecule has 1 aliphatic carbocycles. The smallest absolute Gasteiger partial charge is 0.254 e. The summed E-state index contributed by atoms with van der Waals surface area (Å²) in [7, 11) is 0. The molecule has 1 N–H and O–H groups in total. The summed E-state index contributed by atoms with van der Waals surface area (Å²) in [6, 6.07) is 0. The van der Waals surface area contributed by atoms with E-state index in [1.54, 1.807) is 0 Å². The van der Waals surface area contributed by atoms with Crippen LogP contribution in [0.3, 0.4) is 0 Å². The van der Waals surface area contributed by atoms with E-state index in [1.807, 2.05) is 20.8 Å². The molecule has 4 nitrogen and oxygen atoms in total. The molecule has 0 atom stereocenters. The van der Waals surface area contributed by atoms with E-state index >= 15 is 0 Å². The van der Waals surface area contributed by atoms with Crippen molar-refractivity contribution in [2.45, 2.75) is 65.4 Å². The maximum atomic E-state index is 12.2. The van der Waals surface area contributed by atoms with Crippen molar-refractivity contribution in [3.8, 4) is 0 Å². The number of rotatable bonds is 4. The third kappa shape index (κ3) is 2.80. The summed E-state index contributed by atoms with van der Waals surface area (Å²) in [5.74, 6) is 1.46. The van der Waals surface area contributed by atoms with Gasteiger partial charge in [-0.05, 0) is 51.9 Å². The normalized spacial score (nSPS) is 26.7. The standard InChI is InChI=1S/C16H26N2O2/c1-5-13-12(4)17-15(18-14(13)19)16(20-6-2)9-7-11(3)8-10-16/h11H,5-10H2,1-4H3,(H,17,18,19). The van der Waals surface area contributed by atoms with Crippen LogP contribution in [0.2, 0.25) is 0 Å². The van der Waals surface area contributed by atoms with Gasteiger partial charge in [0.05, 0.1) is 0 Å². The second kappa shape index (κ2) is 6.08. The predicted octanol–water partition coefficient (Wildman–Crippen LogP) is 3.08. The Kier molecular flexibility index (Phi) is 4.63. The summed E-state index contributed by atoms with van der Waals surface area (Å²) in [5.41, 5.74) is 1.22. The number of aromatic amines is 1. The first-order chi connectivity index (χ1) is 9.52. The minimum absolute atomic E-state index is 0.00676. The van der Waals surface area contributed by atoms with Crippen molar-refractivity contribution in [2.24, 2.45) is 5.92 Å². The zero-order chi connectivity index (χ0) is 14.8. The molecular weight excluding hydrogens is 252 g/mol. The molecule has 0 amide bonds. The van der Waals surface area contributed by atoms with Crippen LogP contribution in [0, 0.1) is 12.8 Å². The Morgan fingerprint density at radius 1 is 1.35 bits per heavy atom. The van der Waals surface area contributed by atoms with Gasteiger partial charge in [0.25, 0.3) is 5.56 Å². The maximum absolute atomic E-state index is 12.2. The van der Waals surface area contributed by atoms with Crippen molar-refractivity contribution >= 4 is 0 Å². The van der Waals surface area contributed by atoms with E-state index in [9.17, 15) is 4.79 Å². The molecule has 1 saturated carbocycles. The molecule has 0 aromatic carbocycles. The zero-order valence-electron chi connectivity index (χ0n) is 13.1. The van der Waals surface area contributed by atoms with E-state index < -0.39 is 5.60 Å². The highest BCUT2D eigenvalue weighted by molar-refractivity contribution is 5.19. The van der Waals surface area contributed by atoms with Gasteiger partial charge in [0.2, 0.25) is 0 Å². The van der Waals surface area contributed by atoms with Gasteiger partial charge in [0.1, 0.15) is 11.4 Å². The Balaban J connectivity index is 2.42. The van der Waals surface area contributed by atoms with Crippen LogP contribution < -0.4 is 5.56 Å². The number of H-pyrrole nitrogens is 1. The van der Waals surface area contributed by atoms with Crippen LogP contribution in [0.25, 0.3) is 0 Å². The Morgan fingerprint density at radius 2 is 2.00 bits per heavy atom. The van der Waals surface area contributed by atoms with Crippen LogP contribution in [-0.4, -0.2) is 16.6 Å². The molecule has 0 aliphatic heterocycles. The Hall–Kier alpha value is -1.16. The van der Waals surface area contributed by atoms with Gasteiger partial charge in [-0.25, -0.2) is 4.98 Å². The zero-order valence-corrected chi connectivity index (χ0v) is 13.1. The van der Waals surface area contributed by atoms with Gasteiger partial charge < -0.3 is 9.72 Å². The summed E-state index contributed by atoms with van der Waals surface area (Å²) in [4.78, 5) is 19.8. The van der Waals surface area contributed by atoms with Crippen LogP contribution in [-0.2, 0) is 16.8 Å². The fourth-order valence-electron chi connectivity index (χ4n) is 3.20. The van der Waals surface area contributed by atoms with Crippen molar-refractivity contribution < 1.29 is 4.74 Å². The van der Waals surface area contributed by atoms with Crippen LogP contribution in [0.1, 0.15) is 63.5 Å². The molecule has 112 valence electrons. The second-order valence-corrected chi connectivity index (χ2v) is 5.94. The number of hydrogen-bond acceptors (Lipinski definition) is 3. The fourth-order valence-corrected chi connectivity index (χ4v) is 3.20. The molecule has 20 heavy (non-hydrogen) atoms. The lowest BCUT2D eigenvalue weighted by atomic mass is 9.78. The average molecular weight is 278 g/mol. The van der Waals surface area contributed by atoms with E-state index in [2.05, 4.69) is 16.9 Å². The van der Waals surface area contributed by atoms with E-state index in [-0.39, 0.29) is 5.56 Å². The third-order valence-electron chi connectivity index (χ3n) is 4.51. The van der Waals surface area contributed by atoms with Gasteiger partial charge in [0.15, 0.2) is 0 Å². The van der Waals surface area contributed by atoms with Gasteiger partial charge >= 0.3 is 0 Å². The first kappa shape index (κ1) is 15.2. The Bertz CT molecular complexity index is 514. The van der Waals surface area contributed by atoms with E-state index in [4.69, 9.17) is 4.74 Å². The molecule has 0 saturated heterocycles. The summed E-state index contributed by atoms with van der Waals surface area (Å²) in [6.45, 7) is 8.83. The van der Waals surface area contributed by atoms with Crippen LogP contribution in [0.15, 0.2) is 4.79 Å². The van der Waals surface area contributed by atoms with Gasteiger partial charge in [-0.15, -0.1) is 0 Å². The molecule has 4 heteroatoms. The number of nitrogens with one attached hydrogen (secondary N) is 1. The highest BCUT2D eigenvalue weighted by Crippen LogP contribution is 2.40. The summed E-state index contributed by atoms with van der Waals surface area (Å²) < 4.78 is 6.06. The van der Waals surface area contributed by atoms with Crippen LogP contribution in [0.4, 0.5) is 0 Å². The van der Waals surface area contributed by atoms with E-state index in [0.29, 0.717) is 13.0 Å². The van der Waals surface area contributed by atoms with Crippen molar-refractivity contribution in [2.75, 3.05) is 6.61 Å². The minimum Gasteiger partial charge on any atom is -0.367 e. The highest BCUT2D eigenvalue weighted by Gasteiger charge is 2.39. The Morgan fingerprint density at radius 3 is 2.50 bits per heavy atom. The predicted molar refractivity (Wildman–Crippen MR) is 79.9 cm³/mol. The molecule has 1 aromatic rings. The Labute approximate surface area is 121 Å². The monoisotopic (exact) mass is 278 g/mol.